The van der Waals surface area contributed by atoms with Crippen LogP contribution in [0.2, 0.25) is 5.02 Å². The molecule has 0 bridgehead atoms. The molecule has 1 N–H and O–H groups in total. The van der Waals surface area contributed by atoms with Gasteiger partial charge in [-0.05, 0) is 57.0 Å². The van der Waals surface area contributed by atoms with Crippen molar-refractivity contribution >= 4 is 17.4 Å². The van der Waals surface area contributed by atoms with Crippen molar-refractivity contribution in [3.63, 3.8) is 0 Å². The minimum Gasteiger partial charge on any atom is -0.872 e. The molecule has 0 atom stereocenters. The van der Waals surface area contributed by atoms with Crippen molar-refractivity contribution in [1.82, 2.24) is 0 Å². The number of aryl methyl sites for hydroxylation is 3. The largest absolute Gasteiger partial charge is 1.00 e. The Labute approximate surface area is 161 Å². The summed E-state index contributed by atoms with van der Waals surface area (Å²) in [5, 5.41) is 20.8. The van der Waals surface area contributed by atoms with Gasteiger partial charge in [-0.2, -0.15) is 0 Å². The number of carbonyl (C=O) groups excluding carboxylic acids is 1. The Balaban J connectivity index is 0.000000409. The van der Waals surface area contributed by atoms with E-state index < -0.39 is 22.7 Å². The second kappa shape index (κ2) is 9.13. The summed E-state index contributed by atoms with van der Waals surface area (Å²) in [6.45, 7) is 6.37. The van der Waals surface area contributed by atoms with E-state index in [1.165, 1.54) is 6.92 Å². The number of carbonyl (C=O) groups is 1. The fourth-order valence-corrected chi connectivity index (χ4v) is 1.93. The van der Waals surface area contributed by atoms with Gasteiger partial charge in [0.25, 0.3) is 0 Å². The summed E-state index contributed by atoms with van der Waals surface area (Å²) < 4.78 is 4.57. The standard InChI is InChI=1S/C8H9ClO.C8H8O4.Na/c1-5-3-7(10)4-6(2)8(5)9;1-4-3-6(10)7(5(2)9)8(11)12-4;/h3-4,10H,1-2H3;3,10H,1-2H3;/q;;+1/p-1. The van der Waals surface area contributed by atoms with E-state index in [0.29, 0.717) is 0 Å². The number of hydrogen-bond donors (Lipinski definition) is 1. The maximum Gasteiger partial charge on any atom is 1.00 e. The molecule has 0 spiro atoms. The van der Waals surface area contributed by atoms with Gasteiger partial charge in [-0.25, -0.2) is 4.79 Å². The fourth-order valence-electron chi connectivity index (χ4n) is 1.82. The molecule has 1 aromatic heterocycles. The summed E-state index contributed by atoms with van der Waals surface area (Å²) >= 11 is 5.84. The van der Waals surface area contributed by atoms with E-state index in [9.17, 15) is 14.7 Å². The van der Waals surface area contributed by atoms with Crippen molar-refractivity contribution in [2.75, 3.05) is 0 Å². The molecule has 1 aromatic carbocycles. The van der Waals surface area contributed by atoms with Gasteiger partial charge in [-0.3, -0.25) is 4.79 Å². The number of halogens is 1. The third-order valence-corrected chi connectivity index (χ3v) is 3.41. The Morgan fingerprint density at radius 1 is 1.17 bits per heavy atom. The van der Waals surface area contributed by atoms with Gasteiger partial charge < -0.3 is 14.6 Å². The molecule has 0 aliphatic rings. The number of Topliss-reactive ketones (excluding diaryl/α,β-unsaturated/α-hetero) is 1. The average Bonchev–Trinajstić information content (AvgIpc) is 2.34. The van der Waals surface area contributed by atoms with Gasteiger partial charge in [0.15, 0.2) is 5.78 Å². The molecule has 1 heterocycles. The van der Waals surface area contributed by atoms with Crippen LogP contribution >= 0.6 is 11.6 Å². The topological polar surface area (TPSA) is 90.6 Å². The molecule has 0 unspecified atom stereocenters. The molecule has 0 fully saturated rings. The van der Waals surface area contributed by atoms with Crippen LogP contribution < -0.4 is 40.3 Å². The number of ketones is 1. The minimum atomic E-state index is -0.854. The number of benzene rings is 1. The first-order chi connectivity index (χ1) is 10.1. The van der Waals surface area contributed by atoms with Crippen molar-refractivity contribution in [2.45, 2.75) is 27.7 Å². The van der Waals surface area contributed by atoms with E-state index in [1.807, 2.05) is 13.8 Å². The summed E-state index contributed by atoms with van der Waals surface area (Å²) in [4.78, 5) is 21.7. The fraction of sp³-hybridized carbons (Fsp3) is 0.250. The first kappa shape index (κ1) is 21.7. The molecule has 7 heteroatoms. The van der Waals surface area contributed by atoms with Gasteiger partial charge in [-0.15, -0.1) is 0 Å². The molecule has 0 saturated heterocycles. The van der Waals surface area contributed by atoms with Crippen LogP contribution in [0.4, 0.5) is 0 Å². The van der Waals surface area contributed by atoms with Crippen LogP contribution in [0.3, 0.4) is 0 Å². The van der Waals surface area contributed by atoms with Crippen LogP contribution in [-0.4, -0.2) is 10.9 Å². The van der Waals surface area contributed by atoms with Gasteiger partial charge in [0.2, 0.25) is 0 Å². The van der Waals surface area contributed by atoms with Gasteiger partial charge in [-0.1, -0.05) is 17.4 Å². The smallest absolute Gasteiger partial charge is 0.872 e. The van der Waals surface area contributed by atoms with E-state index in [1.54, 1.807) is 12.1 Å². The average molecular weight is 347 g/mol. The van der Waals surface area contributed by atoms with Crippen LogP contribution in [0.15, 0.2) is 27.4 Å². The Morgan fingerprint density at radius 2 is 1.65 bits per heavy atom. The number of phenols is 1. The zero-order valence-corrected chi connectivity index (χ0v) is 16.4. The summed E-state index contributed by atoms with van der Waals surface area (Å²) in [5.74, 6) is -0.639. The maximum atomic E-state index is 11.0. The molecule has 2 aromatic rings. The van der Waals surface area contributed by atoms with E-state index >= 15 is 0 Å². The van der Waals surface area contributed by atoms with Crippen LogP contribution in [0, 0.1) is 20.8 Å². The molecule has 0 amide bonds. The van der Waals surface area contributed by atoms with Gasteiger partial charge in [0.1, 0.15) is 11.5 Å². The Morgan fingerprint density at radius 3 is 2.04 bits per heavy atom. The molecule has 23 heavy (non-hydrogen) atoms. The van der Waals surface area contributed by atoms with Crippen LogP contribution in [0.1, 0.15) is 34.2 Å². The van der Waals surface area contributed by atoms with Crippen molar-refractivity contribution < 1.29 is 49.0 Å². The van der Waals surface area contributed by atoms with Crippen LogP contribution in [-0.2, 0) is 0 Å². The Hall–Kier alpha value is -1.27. The second-order valence-corrected chi connectivity index (χ2v) is 5.21. The van der Waals surface area contributed by atoms with E-state index in [4.69, 9.17) is 16.7 Å². The van der Waals surface area contributed by atoms with Crippen molar-refractivity contribution in [3.8, 4) is 11.5 Å². The molecule has 0 aliphatic heterocycles. The summed E-state index contributed by atoms with van der Waals surface area (Å²) in [7, 11) is 0. The van der Waals surface area contributed by atoms with E-state index in [2.05, 4.69) is 4.42 Å². The molecule has 2 rings (SSSR count). The predicted molar refractivity (Wildman–Crippen MR) is 81.8 cm³/mol. The monoisotopic (exact) mass is 346 g/mol. The molecular formula is C16H16ClNaO5. The molecule has 0 aliphatic carbocycles. The van der Waals surface area contributed by atoms with Gasteiger partial charge in [0.05, 0.1) is 5.56 Å². The second-order valence-electron chi connectivity index (χ2n) is 4.83. The molecular weight excluding hydrogens is 331 g/mol. The number of hydrogen-bond acceptors (Lipinski definition) is 5. The normalized spacial score (nSPS) is 9.43. The van der Waals surface area contributed by atoms with Crippen molar-refractivity contribution in [3.05, 3.63) is 56.1 Å². The SMILES string of the molecule is CC(=O)c1c([O-])cc(C)oc1=O.Cc1cc(O)cc(C)c1Cl.[Na+]. The van der Waals surface area contributed by atoms with Gasteiger partial charge >= 0.3 is 35.2 Å². The number of rotatable bonds is 1. The zero-order valence-electron chi connectivity index (χ0n) is 13.7. The maximum absolute atomic E-state index is 11.0. The first-order valence-electron chi connectivity index (χ1n) is 6.42. The summed E-state index contributed by atoms with van der Waals surface area (Å²) in [6, 6.07) is 4.42. The zero-order chi connectivity index (χ0) is 17.0. The van der Waals surface area contributed by atoms with Crippen LogP contribution in [0.5, 0.6) is 11.5 Å². The van der Waals surface area contributed by atoms with Crippen molar-refractivity contribution in [1.29, 1.82) is 0 Å². The van der Waals surface area contributed by atoms with E-state index in [-0.39, 0.29) is 41.1 Å². The summed E-state index contributed by atoms with van der Waals surface area (Å²) in [5.41, 5.74) is 0.575. The number of aromatic hydroxyl groups is 1. The van der Waals surface area contributed by atoms with Gasteiger partial charge in [0, 0.05) is 5.02 Å². The molecule has 0 saturated carbocycles. The quantitative estimate of drug-likeness (QED) is 0.575. The predicted octanol–water partition coefficient (Wildman–Crippen LogP) is -0.109. The third-order valence-electron chi connectivity index (χ3n) is 2.81. The first-order valence-corrected chi connectivity index (χ1v) is 6.79. The molecule has 5 nitrogen and oxygen atoms in total. The minimum absolute atomic E-state index is 0. The van der Waals surface area contributed by atoms with Crippen LogP contribution in [0.25, 0.3) is 0 Å². The Kier molecular flexibility index (Phi) is 8.63. The Bertz CT molecular complexity index is 745. The van der Waals surface area contributed by atoms with E-state index in [0.717, 1.165) is 29.1 Å². The molecule has 118 valence electrons. The molecule has 0 radical (unpaired) electrons. The number of phenolic OH excluding ortho intramolecular Hbond substituents is 1. The van der Waals surface area contributed by atoms with Crippen molar-refractivity contribution in [2.24, 2.45) is 0 Å². The summed E-state index contributed by atoms with van der Waals surface area (Å²) in [6.07, 6.45) is 0. The third kappa shape index (κ3) is 6.03.